The minimum absolute atomic E-state index is 0.372. The number of hydrogen-bond donors (Lipinski definition) is 1. The van der Waals surface area contributed by atoms with Gasteiger partial charge >= 0.3 is 0 Å². The number of benzene rings is 2. The average Bonchev–Trinajstić information content (AvgIpc) is 2.98. The monoisotopic (exact) mass is 249 g/mol. The van der Waals surface area contributed by atoms with Crippen LogP contribution in [0.1, 0.15) is 22.9 Å². The number of nitriles is 1. The quantitative estimate of drug-likeness (QED) is 0.889. The molecular weight excluding hydrogens is 238 g/mol. The van der Waals surface area contributed by atoms with Crippen molar-refractivity contribution in [2.45, 2.75) is 6.23 Å². The summed E-state index contributed by atoms with van der Waals surface area (Å²) in [6, 6.07) is 19.1. The molecule has 2 aromatic rings. The van der Waals surface area contributed by atoms with Gasteiger partial charge in [-0.15, -0.1) is 0 Å². The molecular formula is C15H11N3O. The summed E-state index contributed by atoms with van der Waals surface area (Å²) in [7, 11) is 0. The van der Waals surface area contributed by atoms with Crippen molar-refractivity contribution in [1.82, 2.24) is 5.48 Å². The Bertz CT molecular complexity index is 641. The molecule has 0 saturated heterocycles. The Hall–Kier alpha value is -2.64. The summed E-state index contributed by atoms with van der Waals surface area (Å²) in [6.45, 7) is 0. The minimum Gasteiger partial charge on any atom is -0.246 e. The Morgan fingerprint density at radius 2 is 1.79 bits per heavy atom. The fraction of sp³-hybridized carbons (Fsp3) is 0.0667. The Balaban J connectivity index is 1.84. The van der Waals surface area contributed by atoms with Gasteiger partial charge in [0.25, 0.3) is 0 Å². The third-order valence-corrected chi connectivity index (χ3v) is 2.89. The summed E-state index contributed by atoms with van der Waals surface area (Å²) in [6.07, 6.45) is -0.372. The van der Waals surface area contributed by atoms with Gasteiger partial charge in [0.2, 0.25) is 6.23 Å². The largest absolute Gasteiger partial charge is 0.246 e. The Labute approximate surface area is 110 Å². The van der Waals surface area contributed by atoms with Crippen molar-refractivity contribution in [3.63, 3.8) is 0 Å². The molecule has 0 unspecified atom stereocenters. The predicted octanol–water partition coefficient (Wildman–Crippen LogP) is 2.54. The van der Waals surface area contributed by atoms with E-state index in [4.69, 9.17) is 10.1 Å². The molecule has 92 valence electrons. The van der Waals surface area contributed by atoms with Gasteiger partial charge in [0.1, 0.15) is 0 Å². The first-order valence-corrected chi connectivity index (χ1v) is 5.92. The van der Waals surface area contributed by atoms with Gasteiger partial charge < -0.3 is 0 Å². The molecule has 0 aromatic heterocycles. The third kappa shape index (κ3) is 2.32. The van der Waals surface area contributed by atoms with Gasteiger partial charge in [-0.05, 0) is 12.1 Å². The van der Waals surface area contributed by atoms with Crippen LogP contribution >= 0.6 is 0 Å². The van der Waals surface area contributed by atoms with Crippen molar-refractivity contribution in [2.24, 2.45) is 4.99 Å². The van der Waals surface area contributed by atoms with Gasteiger partial charge in [0.15, 0.2) is 5.84 Å². The molecule has 1 heterocycles. The van der Waals surface area contributed by atoms with E-state index < -0.39 is 0 Å². The lowest BCUT2D eigenvalue weighted by molar-refractivity contribution is 0.0377. The van der Waals surface area contributed by atoms with Crippen molar-refractivity contribution in [2.75, 3.05) is 0 Å². The molecule has 0 bridgehead atoms. The number of rotatable bonds is 2. The zero-order valence-corrected chi connectivity index (χ0v) is 10.1. The van der Waals surface area contributed by atoms with E-state index in [-0.39, 0.29) is 6.23 Å². The van der Waals surface area contributed by atoms with E-state index in [9.17, 15) is 0 Å². The Morgan fingerprint density at radius 3 is 2.47 bits per heavy atom. The molecule has 0 saturated carbocycles. The summed E-state index contributed by atoms with van der Waals surface area (Å²) in [5.41, 5.74) is 5.36. The maximum absolute atomic E-state index is 8.76. The molecule has 4 nitrogen and oxygen atoms in total. The fourth-order valence-electron chi connectivity index (χ4n) is 1.88. The molecule has 3 rings (SSSR count). The standard InChI is InChI=1S/C15H11N3O/c16-10-11-6-8-13(9-7-11)15-17-14(18-19-15)12-4-2-1-3-5-12/h1-9,15H,(H,17,18)/t15-/m1/s1. The maximum atomic E-state index is 8.76. The first-order chi connectivity index (χ1) is 9.36. The van der Waals surface area contributed by atoms with Gasteiger partial charge in [-0.25, -0.2) is 15.3 Å². The van der Waals surface area contributed by atoms with Crippen molar-refractivity contribution in [3.8, 4) is 6.07 Å². The normalized spacial score (nSPS) is 17.4. The first-order valence-electron chi connectivity index (χ1n) is 5.92. The van der Waals surface area contributed by atoms with E-state index in [0.29, 0.717) is 5.56 Å². The second-order valence-electron chi connectivity index (χ2n) is 4.15. The van der Waals surface area contributed by atoms with Gasteiger partial charge in [0.05, 0.1) is 11.6 Å². The van der Waals surface area contributed by atoms with Gasteiger partial charge in [-0.2, -0.15) is 5.26 Å². The zero-order chi connectivity index (χ0) is 13.1. The van der Waals surface area contributed by atoms with Gasteiger partial charge in [0, 0.05) is 11.1 Å². The van der Waals surface area contributed by atoms with Crippen LogP contribution < -0.4 is 5.48 Å². The topological polar surface area (TPSA) is 57.4 Å². The Morgan fingerprint density at radius 1 is 1.05 bits per heavy atom. The number of aliphatic imine (C=N–C) groups is 1. The van der Waals surface area contributed by atoms with E-state index >= 15 is 0 Å². The highest BCUT2D eigenvalue weighted by Crippen LogP contribution is 2.23. The van der Waals surface area contributed by atoms with Crippen LogP contribution in [0.25, 0.3) is 0 Å². The number of amidine groups is 1. The van der Waals surface area contributed by atoms with Crippen LogP contribution in [0.4, 0.5) is 0 Å². The van der Waals surface area contributed by atoms with Crippen LogP contribution in [0.5, 0.6) is 0 Å². The smallest absolute Gasteiger partial charge is 0.202 e. The molecule has 0 spiro atoms. The van der Waals surface area contributed by atoms with E-state index in [1.165, 1.54) is 0 Å². The van der Waals surface area contributed by atoms with Crippen LogP contribution in [0.3, 0.4) is 0 Å². The molecule has 1 aliphatic rings. The van der Waals surface area contributed by atoms with Crippen LogP contribution in [0.15, 0.2) is 59.6 Å². The average molecular weight is 249 g/mol. The van der Waals surface area contributed by atoms with E-state index in [1.807, 2.05) is 42.5 Å². The number of nitrogens with one attached hydrogen (secondary N) is 1. The SMILES string of the molecule is N#Cc1ccc([C@@H]2N=C(c3ccccc3)NO2)cc1. The van der Waals surface area contributed by atoms with E-state index in [2.05, 4.69) is 16.5 Å². The number of hydrogen-bond acceptors (Lipinski definition) is 4. The molecule has 1 N–H and O–H groups in total. The highest BCUT2D eigenvalue weighted by molar-refractivity contribution is 5.98. The maximum Gasteiger partial charge on any atom is 0.202 e. The van der Waals surface area contributed by atoms with E-state index in [0.717, 1.165) is 17.0 Å². The van der Waals surface area contributed by atoms with Gasteiger partial charge in [-0.3, -0.25) is 0 Å². The van der Waals surface area contributed by atoms with Crippen molar-refractivity contribution < 1.29 is 4.84 Å². The minimum atomic E-state index is -0.372. The molecule has 19 heavy (non-hydrogen) atoms. The lowest BCUT2D eigenvalue weighted by atomic mass is 10.1. The van der Waals surface area contributed by atoms with Crippen LogP contribution in [-0.4, -0.2) is 5.84 Å². The molecule has 4 heteroatoms. The summed E-state index contributed by atoms with van der Waals surface area (Å²) in [4.78, 5) is 9.93. The zero-order valence-electron chi connectivity index (χ0n) is 10.1. The summed E-state index contributed by atoms with van der Waals surface area (Å²) in [5, 5.41) is 8.76. The first kappa shape index (κ1) is 11.5. The Kier molecular flexibility index (Phi) is 2.97. The molecule has 0 fully saturated rings. The van der Waals surface area contributed by atoms with Crippen molar-refractivity contribution >= 4 is 5.84 Å². The molecule has 1 atom stereocenters. The lowest BCUT2D eigenvalue weighted by Gasteiger charge is -2.05. The van der Waals surface area contributed by atoms with Crippen LogP contribution in [0, 0.1) is 11.3 Å². The summed E-state index contributed by atoms with van der Waals surface area (Å²) >= 11 is 0. The molecule has 1 aliphatic heterocycles. The number of hydroxylamine groups is 1. The molecule has 0 aliphatic carbocycles. The second kappa shape index (κ2) is 4.92. The molecule has 0 radical (unpaired) electrons. The van der Waals surface area contributed by atoms with Crippen molar-refractivity contribution in [1.29, 1.82) is 5.26 Å². The summed E-state index contributed by atoms with van der Waals surface area (Å²) < 4.78 is 0. The predicted molar refractivity (Wildman–Crippen MR) is 71.1 cm³/mol. The van der Waals surface area contributed by atoms with Gasteiger partial charge in [-0.1, -0.05) is 42.5 Å². The fourth-order valence-corrected chi connectivity index (χ4v) is 1.88. The summed E-state index contributed by atoms with van der Waals surface area (Å²) in [5.74, 6) is 0.718. The lowest BCUT2D eigenvalue weighted by Crippen LogP contribution is -2.17. The van der Waals surface area contributed by atoms with Crippen molar-refractivity contribution in [3.05, 3.63) is 71.3 Å². The number of nitrogens with zero attached hydrogens (tertiary/aromatic N) is 2. The molecule has 0 amide bonds. The van der Waals surface area contributed by atoms with Crippen LogP contribution in [0.2, 0.25) is 0 Å². The highest BCUT2D eigenvalue weighted by atomic mass is 16.7. The third-order valence-electron chi connectivity index (χ3n) is 2.89. The second-order valence-corrected chi connectivity index (χ2v) is 4.15. The van der Waals surface area contributed by atoms with E-state index in [1.54, 1.807) is 12.1 Å². The van der Waals surface area contributed by atoms with Crippen LogP contribution in [-0.2, 0) is 4.84 Å². The highest BCUT2D eigenvalue weighted by Gasteiger charge is 2.20. The molecule has 2 aromatic carbocycles.